The van der Waals surface area contributed by atoms with Gasteiger partial charge in [-0.1, -0.05) is 29.5 Å². The highest BCUT2D eigenvalue weighted by molar-refractivity contribution is 7.22. The number of nitrogens with two attached hydrogens (primary N) is 1. The molecular formula is C16H12N4O3S. The maximum absolute atomic E-state index is 12.1. The summed E-state index contributed by atoms with van der Waals surface area (Å²) in [5.74, 6) is -1.47. The molecule has 0 bridgehead atoms. The molecule has 24 heavy (non-hydrogen) atoms. The van der Waals surface area contributed by atoms with E-state index in [0.29, 0.717) is 16.3 Å². The van der Waals surface area contributed by atoms with Crippen molar-refractivity contribution in [3.8, 4) is 0 Å². The molecule has 7 nitrogen and oxygen atoms in total. The topological polar surface area (TPSA) is 118 Å². The molecule has 3 aromatic rings. The first-order valence-corrected chi connectivity index (χ1v) is 7.68. The second kappa shape index (κ2) is 6.47. The first kappa shape index (κ1) is 15.6. The van der Waals surface area contributed by atoms with E-state index in [0.717, 1.165) is 10.2 Å². The van der Waals surface area contributed by atoms with Crippen LogP contribution in [0.1, 0.15) is 26.3 Å². The average Bonchev–Trinajstić information content (AvgIpc) is 2.94. The number of aromatic nitrogens is 1. The Labute approximate surface area is 140 Å². The lowest BCUT2D eigenvalue weighted by atomic mass is 10.1. The van der Waals surface area contributed by atoms with Crippen LogP contribution in [0, 0.1) is 0 Å². The Bertz CT molecular complexity index is 965. The Morgan fingerprint density at radius 3 is 2.83 bits per heavy atom. The van der Waals surface area contributed by atoms with Crippen LogP contribution in [0.15, 0.2) is 47.6 Å². The van der Waals surface area contributed by atoms with Crippen LogP contribution in [0.25, 0.3) is 10.2 Å². The van der Waals surface area contributed by atoms with Crippen molar-refractivity contribution in [2.24, 2.45) is 5.10 Å². The van der Waals surface area contributed by atoms with Crippen molar-refractivity contribution in [3.63, 3.8) is 0 Å². The van der Waals surface area contributed by atoms with E-state index >= 15 is 0 Å². The maximum Gasteiger partial charge on any atom is 0.336 e. The van der Waals surface area contributed by atoms with Crippen molar-refractivity contribution in [1.82, 2.24) is 10.4 Å². The largest absolute Gasteiger partial charge is 0.478 e. The molecule has 1 heterocycles. The molecule has 1 aromatic heterocycles. The van der Waals surface area contributed by atoms with Gasteiger partial charge in [-0.2, -0.15) is 5.10 Å². The van der Waals surface area contributed by atoms with Gasteiger partial charge >= 0.3 is 5.97 Å². The predicted molar refractivity (Wildman–Crippen MR) is 92.5 cm³/mol. The number of benzene rings is 2. The number of hydrogen-bond acceptors (Lipinski definition) is 6. The van der Waals surface area contributed by atoms with Gasteiger partial charge in [0.1, 0.15) is 0 Å². The number of fused-ring (bicyclic) bond motifs is 1. The highest BCUT2D eigenvalue weighted by Gasteiger charge is 2.09. The number of carbonyl (C=O) groups is 2. The highest BCUT2D eigenvalue weighted by Crippen LogP contribution is 2.24. The summed E-state index contributed by atoms with van der Waals surface area (Å²) in [6.07, 6.45) is 1.30. The minimum absolute atomic E-state index is 0.108. The van der Waals surface area contributed by atoms with Crippen LogP contribution in [-0.4, -0.2) is 28.2 Å². The molecule has 0 fully saturated rings. The Hall–Kier alpha value is -3.26. The van der Waals surface area contributed by atoms with Gasteiger partial charge in [-0.3, -0.25) is 4.79 Å². The standard InChI is InChI=1S/C16H12N4O3S/c17-16-19-12-6-5-9(7-13(12)24-16)14(21)20-18-8-10-3-1-2-4-11(10)15(22)23/h1-8H,(H2,17,19)(H,20,21)(H,22,23)/b18-8-. The Morgan fingerprint density at radius 1 is 1.25 bits per heavy atom. The zero-order valence-corrected chi connectivity index (χ0v) is 13.1. The van der Waals surface area contributed by atoms with E-state index in [-0.39, 0.29) is 5.56 Å². The summed E-state index contributed by atoms with van der Waals surface area (Å²) < 4.78 is 0.806. The molecule has 120 valence electrons. The molecule has 0 aliphatic heterocycles. The molecule has 2 aromatic carbocycles. The van der Waals surface area contributed by atoms with Crippen LogP contribution in [0.4, 0.5) is 5.13 Å². The lowest BCUT2D eigenvalue weighted by molar-refractivity contribution is 0.0696. The first-order valence-electron chi connectivity index (χ1n) is 6.86. The third-order valence-electron chi connectivity index (χ3n) is 3.23. The van der Waals surface area contributed by atoms with E-state index in [2.05, 4.69) is 15.5 Å². The zero-order chi connectivity index (χ0) is 17.1. The number of amides is 1. The number of nitrogens with one attached hydrogen (secondary N) is 1. The summed E-state index contributed by atoms with van der Waals surface area (Å²) in [5, 5.41) is 13.3. The molecule has 0 spiro atoms. The maximum atomic E-state index is 12.1. The fourth-order valence-corrected chi connectivity index (χ4v) is 2.89. The van der Waals surface area contributed by atoms with E-state index in [1.165, 1.54) is 23.6 Å². The van der Waals surface area contributed by atoms with Crippen LogP contribution in [0.5, 0.6) is 0 Å². The molecule has 0 radical (unpaired) electrons. The number of nitrogens with zero attached hydrogens (tertiary/aromatic N) is 2. The molecule has 0 unspecified atom stereocenters. The van der Waals surface area contributed by atoms with Crippen LogP contribution >= 0.6 is 11.3 Å². The number of nitrogen functional groups attached to an aromatic ring is 1. The number of carboxylic acid groups (broad SMARTS) is 1. The van der Waals surface area contributed by atoms with Gasteiger partial charge in [0, 0.05) is 11.1 Å². The third-order valence-corrected chi connectivity index (χ3v) is 4.08. The number of aromatic carboxylic acids is 1. The summed E-state index contributed by atoms with van der Waals surface area (Å²) >= 11 is 1.29. The molecule has 0 saturated carbocycles. The van der Waals surface area contributed by atoms with Crippen molar-refractivity contribution in [3.05, 3.63) is 59.2 Å². The van der Waals surface area contributed by atoms with E-state index in [1.54, 1.807) is 36.4 Å². The minimum atomic E-state index is -1.06. The van der Waals surface area contributed by atoms with Gasteiger partial charge < -0.3 is 10.8 Å². The molecule has 0 aliphatic carbocycles. The molecule has 0 atom stereocenters. The van der Waals surface area contributed by atoms with Gasteiger partial charge in [0.15, 0.2) is 5.13 Å². The van der Waals surface area contributed by atoms with Gasteiger partial charge in [0.2, 0.25) is 0 Å². The van der Waals surface area contributed by atoms with E-state index in [4.69, 9.17) is 10.8 Å². The molecule has 8 heteroatoms. The second-order valence-electron chi connectivity index (χ2n) is 4.83. The van der Waals surface area contributed by atoms with E-state index in [1.807, 2.05) is 0 Å². The average molecular weight is 340 g/mol. The van der Waals surface area contributed by atoms with E-state index < -0.39 is 11.9 Å². The predicted octanol–water partition coefficient (Wildman–Crippen LogP) is 2.34. The molecule has 3 rings (SSSR count). The van der Waals surface area contributed by atoms with Gasteiger partial charge in [0.05, 0.1) is 22.0 Å². The Balaban J connectivity index is 1.76. The quantitative estimate of drug-likeness (QED) is 0.498. The van der Waals surface area contributed by atoms with Crippen LogP contribution in [0.2, 0.25) is 0 Å². The van der Waals surface area contributed by atoms with Gasteiger partial charge in [-0.25, -0.2) is 15.2 Å². The fourth-order valence-electron chi connectivity index (χ4n) is 2.11. The Kier molecular flexibility index (Phi) is 4.21. The summed E-state index contributed by atoms with van der Waals surface area (Å²) in [4.78, 5) is 27.3. The van der Waals surface area contributed by atoms with Crippen molar-refractivity contribution >= 4 is 44.8 Å². The summed E-state index contributed by atoms with van der Waals surface area (Å²) in [7, 11) is 0. The van der Waals surface area contributed by atoms with Crippen LogP contribution in [0.3, 0.4) is 0 Å². The normalized spacial score (nSPS) is 11.0. The second-order valence-corrected chi connectivity index (χ2v) is 5.89. The summed E-state index contributed by atoms with van der Waals surface area (Å²) in [5.41, 5.74) is 9.66. The first-order chi connectivity index (χ1) is 11.5. The fraction of sp³-hybridized carbons (Fsp3) is 0. The number of thiazole rings is 1. The molecule has 1 amide bonds. The lowest BCUT2D eigenvalue weighted by Crippen LogP contribution is -2.17. The SMILES string of the molecule is Nc1nc2ccc(C(=O)N/N=C\c3ccccc3C(=O)O)cc2s1. The van der Waals surface area contributed by atoms with Crippen LogP contribution < -0.4 is 11.2 Å². The number of rotatable bonds is 4. The smallest absolute Gasteiger partial charge is 0.336 e. The summed E-state index contributed by atoms with van der Waals surface area (Å²) in [6, 6.07) is 11.4. The monoisotopic (exact) mass is 340 g/mol. The van der Waals surface area contributed by atoms with Crippen molar-refractivity contribution in [2.45, 2.75) is 0 Å². The van der Waals surface area contributed by atoms with Gasteiger partial charge in [-0.05, 0) is 24.3 Å². The van der Waals surface area contributed by atoms with Crippen LogP contribution in [-0.2, 0) is 0 Å². The number of hydrogen-bond donors (Lipinski definition) is 3. The summed E-state index contributed by atoms with van der Waals surface area (Å²) in [6.45, 7) is 0. The number of hydrazone groups is 1. The number of anilines is 1. The Morgan fingerprint density at radius 2 is 2.04 bits per heavy atom. The molecule has 0 aliphatic rings. The van der Waals surface area contributed by atoms with Gasteiger partial charge in [-0.15, -0.1) is 0 Å². The van der Waals surface area contributed by atoms with Gasteiger partial charge in [0.25, 0.3) is 5.91 Å². The number of carbonyl (C=O) groups excluding carboxylic acids is 1. The molecular weight excluding hydrogens is 328 g/mol. The zero-order valence-electron chi connectivity index (χ0n) is 12.3. The van der Waals surface area contributed by atoms with E-state index in [9.17, 15) is 9.59 Å². The molecule has 4 N–H and O–H groups in total. The minimum Gasteiger partial charge on any atom is -0.478 e. The number of carboxylic acids is 1. The van der Waals surface area contributed by atoms with Crippen molar-refractivity contribution < 1.29 is 14.7 Å². The van der Waals surface area contributed by atoms with Crippen molar-refractivity contribution in [1.29, 1.82) is 0 Å². The van der Waals surface area contributed by atoms with Crippen molar-refractivity contribution in [2.75, 3.05) is 5.73 Å². The lowest BCUT2D eigenvalue weighted by Gasteiger charge is -2.01. The third kappa shape index (κ3) is 3.23. The molecule has 0 saturated heterocycles. The highest BCUT2D eigenvalue weighted by atomic mass is 32.1.